The SMILES string of the molecule is CC(C)(C)c1ccc2c(c1)Oc1cccc3c4cc(-c5cccc(-c6ccc7c(c6)c6cccc8c6n7-c6ccc(C(C)(C)C)cc6O8)c5)ccc4n-2c13. The first-order chi connectivity index (χ1) is 26.0. The summed E-state index contributed by atoms with van der Waals surface area (Å²) >= 11 is 0. The van der Waals surface area contributed by atoms with Gasteiger partial charge in [-0.2, -0.15) is 0 Å². The van der Waals surface area contributed by atoms with Crippen molar-refractivity contribution < 1.29 is 9.47 Å². The Labute approximate surface area is 314 Å². The summed E-state index contributed by atoms with van der Waals surface area (Å²) < 4.78 is 17.9. The quantitative estimate of drug-likeness (QED) is 0.180. The zero-order valence-electron chi connectivity index (χ0n) is 31.4. The zero-order chi connectivity index (χ0) is 36.7. The number of fused-ring (bicyclic) bond motifs is 10. The second-order valence-corrected chi connectivity index (χ2v) is 17.1. The highest BCUT2D eigenvalue weighted by molar-refractivity contribution is 6.14. The standard InChI is InChI=1S/C50H40N2O2/c1-49(2,3)33-18-22-41-45(27-33)53-43-14-8-12-35-37-25-31(16-20-39(37)51(41)47(35)43)29-10-7-11-30(24-29)32-17-21-40-38(26-32)36-13-9-15-44-48(36)52(40)42-23-19-34(50(4,5)6)28-46(42)54-44/h7-28H,1-6H3. The van der Waals surface area contributed by atoms with Gasteiger partial charge in [0.05, 0.1) is 33.4 Å². The molecule has 54 heavy (non-hydrogen) atoms. The summed E-state index contributed by atoms with van der Waals surface area (Å²) in [6, 6.07) is 48.9. The first-order valence-corrected chi connectivity index (χ1v) is 18.9. The van der Waals surface area contributed by atoms with Crippen molar-refractivity contribution in [1.29, 1.82) is 0 Å². The summed E-state index contributed by atoms with van der Waals surface area (Å²) in [4.78, 5) is 0. The van der Waals surface area contributed by atoms with Gasteiger partial charge >= 0.3 is 0 Å². The molecule has 0 radical (unpaired) electrons. The minimum Gasteiger partial charge on any atom is -0.453 e. The van der Waals surface area contributed by atoms with Gasteiger partial charge in [0.2, 0.25) is 0 Å². The van der Waals surface area contributed by atoms with Crippen LogP contribution < -0.4 is 9.47 Å². The summed E-state index contributed by atoms with van der Waals surface area (Å²) in [7, 11) is 0. The largest absolute Gasteiger partial charge is 0.453 e. The van der Waals surface area contributed by atoms with E-state index in [-0.39, 0.29) is 10.8 Å². The Hall–Kier alpha value is -6.26. The molecular weight excluding hydrogens is 661 g/mol. The third-order valence-corrected chi connectivity index (χ3v) is 11.6. The normalized spacial score (nSPS) is 13.3. The molecule has 2 aliphatic rings. The maximum atomic E-state index is 6.58. The fourth-order valence-electron chi connectivity index (χ4n) is 8.71. The molecule has 2 aliphatic heterocycles. The van der Waals surface area contributed by atoms with Crippen molar-refractivity contribution in [3.05, 3.63) is 145 Å². The van der Waals surface area contributed by atoms with Gasteiger partial charge in [-0.25, -0.2) is 0 Å². The Morgan fingerprint density at radius 1 is 0.370 bits per heavy atom. The first kappa shape index (κ1) is 31.3. The molecule has 0 N–H and O–H groups in total. The molecule has 0 bridgehead atoms. The van der Waals surface area contributed by atoms with Crippen molar-refractivity contribution in [2.75, 3.05) is 0 Å². The lowest BCUT2D eigenvalue weighted by atomic mass is 9.87. The van der Waals surface area contributed by atoms with Crippen molar-refractivity contribution in [2.45, 2.75) is 52.4 Å². The molecule has 7 aromatic carbocycles. The molecule has 0 aliphatic carbocycles. The third-order valence-electron chi connectivity index (χ3n) is 11.6. The van der Waals surface area contributed by atoms with Crippen molar-refractivity contribution >= 4 is 43.6 Å². The van der Waals surface area contributed by atoms with Crippen LogP contribution in [0.4, 0.5) is 0 Å². The Morgan fingerprint density at radius 2 is 0.796 bits per heavy atom. The Kier molecular flexibility index (Phi) is 6.18. The Balaban J connectivity index is 1.02. The van der Waals surface area contributed by atoms with E-state index in [1.54, 1.807) is 0 Å². The first-order valence-electron chi connectivity index (χ1n) is 18.9. The highest BCUT2D eigenvalue weighted by Crippen LogP contribution is 2.49. The van der Waals surface area contributed by atoms with Gasteiger partial charge in [-0.3, -0.25) is 0 Å². The molecule has 4 nitrogen and oxygen atoms in total. The minimum absolute atomic E-state index is 0.0343. The van der Waals surface area contributed by atoms with Crippen molar-refractivity contribution in [3.8, 4) is 56.6 Å². The van der Waals surface area contributed by atoms with Crippen molar-refractivity contribution in [2.24, 2.45) is 0 Å². The van der Waals surface area contributed by atoms with Gasteiger partial charge in [0.25, 0.3) is 0 Å². The van der Waals surface area contributed by atoms with Gasteiger partial charge in [0.15, 0.2) is 23.0 Å². The van der Waals surface area contributed by atoms with Gasteiger partial charge in [0.1, 0.15) is 0 Å². The topological polar surface area (TPSA) is 28.3 Å². The smallest absolute Gasteiger partial charge is 0.152 e. The molecule has 4 heterocycles. The number of rotatable bonds is 2. The van der Waals surface area contributed by atoms with Crippen LogP contribution >= 0.6 is 0 Å². The van der Waals surface area contributed by atoms with E-state index in [1.807, 2.05) is 0 Å². The summed E-state index contributed by atoms with van der Waals surface area (Å²) in [6.07, 6.45) is 0. The lowest BCUT2D eigenvalue weighted by Crippen LogP contribution is -2.12. The van der Waals surface area contributed by atoms with E-state index in [0.29, 0.717) is 0 Å². The highest BCUT2D eigenvalue weighted by atomic mass is 16.5. The molecule has 2 aromatic heterocycles. The predicted molar refractivity (Wildman–Crippen MR) is 224 cm³/mol. The van der Waals surface area contributed by atoms with Crippen LogP contribution in [0.5, 0.6) is 23.0 Å². The summed E-state index contributed by atoms with van der Waals surface area (Å²) in [5.74, 6) is 3.60. The average molecular weight is 701 g/mol. The fraction of sp³-hybridized carbons (Fsp3) is 0.160. The van der Waals surface area contributed by atoms with Crippen LogP contribution in [0.15, 0.2) is 133 Å². The van der Waals surface area contributed by atoms with Gasteiger partial charge < -0.3 is 18.6 Å². The van der Waals surface area contributed by atoms with Crippen LogP contribution in [0.2, 0.25) is 0 Å². The number of aromatic nitrogens is 2. The molecule has 9 aromatic rings. The van der Waals surface area contributed by atoms with Crippen molar-refractivity contribution in [1.82, 2.24) is 9.13 Å². The molecule has 0 amide bonds. The molecule has 0 saturated heterocycles. The molecule has 0 spiro atoms. The van der Waals surface area contributed by atoms with Gasteiger partial charge in [-0.05, 0) is 111 Å². The molecule has 4 heteroatoms. The average Bonchev–Trinajstić information content (AvgIpc) is 3.68. The molecule has 0 saturated carbocycles. The summed E-state index contributed by atoms with van der Waals surface area (Å²) in [6.45, 7) is 13.5. The van der Waals surface area contributed by atoms with E-state index in [4.69, 9.17) is 9.47 Å². The van der Waals surface area contributed by atoms with E-state index in [1.165, 1.54) is 66.0 Å². The minimum atomic E-state index is 0.0343. The van der Waals surface area contributed by atoms with E-state index < -0.39 is 0 Å². The van der Waals surface area contributed by atoms with E-state index >= 15 is 0 Å². The van der Waals surface area contributed by atoms with E-state index in [2.05, 4.69) is 184 Å². The van der Waals surface area contributed by atoms with Crippen LogP contribution in [0.25, 0.3) is 77.2 Å². The Morgan fingerprint density at radius 3 is 1.24 bits per heavy atom. The predicted octanol–water partition coefficient (Wildman–Crippen LogP) is 14.0. The van der Waals surface area contributed by atoms with Crippen molar-refractivity contribution in [3.63, 3.8) is 0 Å². The molecule has 0 unspecified atom stereocenters. The van der Waals surface area contributed by atoms with Gasteiger partial charge in [-0.1, -0.05) is 108 Å². The second kappa shape index (κ2) is 10.7. The number of hydrogen-bond acceptors (Lipinski definition) is 2. The molecule has 262 valence electrons. The van der Waals surface area contributed by atoms with Crippen LogP contribution in [0, 0.1) is 0 Å². The monoisotopic (exact) mass is 700 g/mol. The number of ether oxygens (including phenoxy) is 2. The number of benzene rings is 7. The van der Waals surface area contributed by atoms with E-state index in [0.717, 1.165) is 45.4 Å². The number of hydrogen-bond donors (Lipinski definition) is 0. The summed E-state index contributed by atoms with van der Waals surface area (Å²) in [5.41, 5.74) is 14.1. The number of para-hydroxylation sites is 2. The van der Waals surface area contributed by atoms with Gasteiger partial charge in [-0.15, -0.1) is 0 Å². The highest BCUT2D eigenvalue weighted by Gasteiger charge is 2.28. The maximum absolute atomic E-state index is 6.58. The molecule has 0 atom stereocenters. The zero-order valence-corrected chi connectivity index (χ0v) is 31.4. The lowest BCUT2D eigenvalue weighted by Gasteiger charge is -2.25. The van der Waals surface area contributed by atoms with Crippen LogP contribution in [-0.2, 0) is 10.8 Å². The Bertz CT molecular complexity index is 2870. The van der Waals surface area contributed by atoms with Gasteiger partial charge in [0, 0.05) is 21.5 Å². The molecule has 11 rings (SSSR count). The van der Waals surface area contributed by atoms with Crippen LogP contribution in [0.1, 0.15) is 52.7 Å². The molecular formula is C50H40N2O2. The lowest BCUT2D eigenvalue weighted by molar-refractivity contribution is 0.472. The van der Waals surface area contributed by atoms with Crippen LogP contribution in [-0.4, -0.2) is 9.13 Å². The maximum Gasteiger partial charge on any atom is 0.152 e. The fourth-order valence-corrected chi connectivity index (χ4v) is 8.71. The third kappa shape index (κ3) is 4.43. The molecule has 0 fully saturated rings. The van der Waals surface area contributed by atoms with Crippen LogP contribution in [0.3, 0.4) is 0 Å². The number of nitrogens with zero attached hydrogens (tertiary/aromatic N) is 2. The van der Waals surface area contributed by atoms with E-state index in [9.17, 15) is 0 Å². The second-order valence-electron chi connectivity index (χ2n) is 17.1. The summed E-state index contributed by atoms with van der Waals surface area (Å²) in [5, 5.41) is 4.84.